The molecule has 0 saturated carbocycles. The molecule has 2 aliphatic heterocycles. The number of ether oxygens (including phenoxy) is 3. The third kappa shape index (κ3) is 4.13. The number of allylic oxidation sites excluding steroid dienone is 1. The lowest BCUT2D eigenvalue weighted by molar-refractivity contribution is -0.132. The van der Waals surface area contributed by atoms with Crippen LogP contribution >= 0.6 is 0 Å². The van der Waals surface area contributed by atoms with Gasteiger partial charge in [0, 0.05) is 24.2 Å². The molecule has 1 amide bonds. The maximum Gasteiger partial charge on any atom is 0.260 e. The second-order valence-electron chi connectivity index (χ2n) is 6.98. The van der Waals surface area contributed by atoms with Crippen molar-refractivity contribution in [2.24, 2.45) is 0 Å². The lowest BCUT2D eigenvalue weighted by Gasteiger charge is -2.16. The Morgan fingerprint density at radius 1 is 1.10 bits per heavy atom. The number of hydrogen-bond acceptors (Lipinski definition) is 6. The van der Waals surface area contributed by atoms with Gasteiger partial charge in [0.1, 0.15) is 17.4 Å². The van der Waals surface area contributed by atoms with E-state index in [1.807, 2.05) is 6.07 Å². The van der Waals surface area contributed by atoms with Crippen molar-refractivity contribution in [3.05, 3.63) is 59.2 Å². The summed E-state index contributed by atoms with van der Waals surface area (Å²) in [7, 11) is 0. The van der Waals surface area contributed by atoms with E-state index in [1.165, 1.54) is 6.08 Å². The molecule has 2 aromatic rings. The van der Waals surface area contributed by atoms with Crippen molar-refractivity contribution in [2.75, 3.05) is 26.5 Å². The molecular formula is C23H20N2O5. The fraction of sp³-hybridized carbons (Fsp3) is 0.261. The van der Waals surface area contributed by atoms with Crippen molar-refractivity contribution >= 4 is 17.8 Å². The number of nitrogens with zero attached hydrogens (tertiary/aromatic N) is 2. The Balaban J connectivity index is 1.53. The molecule has 0 radical (unpaired) electrons. The van der Waals surface area contributed by atoms with Gasteiger partial charge in [0.2, 0.25) is 12.6 Å². The zero-order valence-electron chi connectivity index (χ0n) is 16.3. The summed E-state index contributed by atoms with van der Waals surface area (Å²) in [5.41, 5.74) is 0.836. The van der Waals surface area contributed by atoms with Gasteiger partial charge >= 0.3 is 0 Å². The van der Waals surface area contributed by atoms with Gasteiger partial charge in [-0.1, -0.05) is 18.2 Å². The molecule has 0 atom stereocenters. The molecule has 0 spiro atoms. The van der Waals surface area contributed by atoms with E-state index < -0.39 is 5.78 Å². The average Bonchev–Trinajstić information content (AvgIpc) is 3.47. The summed E-state index contributed by atoms with van der Waals surface area (Å²) in [5, 5.41) is 9.57. The SMILES string of the molecule is N#CC(=Cc1ccccc1OCC(=O)N1CCCC1)C(=O)c1ccc2c(c1)OCO2. The summed E-state index contributed by atoms with van der Waals surface area (Å²) in [6, 6.07) is 13.8. The van der Waals surface area contributed by atoms with Gasteiger partial charge in [-0.2, -0.15) is 5.26 Å². The quantitative estimate of drug-likeness (QED) is 0.417. The summed E-state index contributed by atoms with van der Waals surface area (Å²) in [6.45, 7) is 1.54. The summed E-state index contributed by atoms with van der Waals surface area (Å²) in [5.74, 6) is 0.982. The predicted octanol–water partition coefficient (Wildman–Crippen LogP) is 3.21. The zero-order valence-corrected chi connectivity index (χ0v) is 16.3. The van der Waals surface area contributed by atoms with Gasteiger partial charge in [0.25, 0.3) is 5.91 Å². The number of amides is 1. The van der Waals surface area contributed by atoms with Gasteiger partial charge in [-0.25, -0.2) is 0 Å². The van der Waals surface area contributed by atoms with E-state index in [-0.39, 0.29) is 24.9 Å². The summed E-state index contributed by atoms with van der Waals surface area (Å²) >= 11 is 0. The van der Waals surface area contributed by atoms with Crippen LogP contribution in [0, 0.1) is 11.3 Å². The number of nitriles is 1. The van der Waals surface area contributed by atoms with Crippen LogP contribution in [0.25, 0.3) is 6.08 Å². The largest absolute Gasteiger partial charge is 0.483 e. The first-order valence-electron chi connectivity index (χ1n) is 9.71. The van der Waals surface area contributed by atoms with Gasteiger partial charge in [0.15, 0.2) is 18.1 Å². The van der Waals surface area contributed by atoms with Crippen molar-refractivity contribution in [1.29, 1.82) is 5.26 Å². The highest BCUT2D eigenvalue weighted by Gasteiger charge is 2.20. The van der Waals surface area contributed by atoms with E-state index in [4.69, 9.17) is 14.2 Å². The minimum Gasteiger partial charge on any atom is -0.483 e. The first-order chi connectivity index (χ1) is 14.7. The number of rotatable bonds is 6. The van der Waals surface area contributed by atoms with Crippen LogP contribution in [0.1, 0.15) is 28.8 Å². The summed E-state index contributed by atoms with van der Waals surface area (Å²) in [4.78, 5) is 26.9. The van der Waals surface area contributed by atoms with E-state index in [2.05, 4.69) is 0 Å². The Hall–Kier alpha value is -3.79. The zero-order chi connectivity index (χ0) is 20.9. The maximum absolute atomic E-state index is 12.8. The van der Waals surface area contributed by atoms with E-state index in [9.17, 15) is 14.9 Å². The highest BCUT2D eigenvalue weighted by molar-refractivity contribution is 6.14. The van der Waals surface area contributed by atoms with Gasteiger partial charge in [-0.3, -0.25) is 9.59 Å². The normalized spacial score (nSPS) is 15.0. The van der Waals surface area contributed by atoms with Gasteiger partial charge in [0.05, 0.1) is 0 Å². The van der Waals surface area contributed by atoms with E-state index in [1.54, 1.807) is 47.4 Å². The molecule has 0 N–H and O–H groups in total. The van der Waals surface area contributed by atoms with Crippen LogP contribution in [-0.2, 0) is 4.79 Å². The van der Waals surface area contributed by atoms with Crippen molar-refractivity contribution in [3.63, 3.8) is 0 Å². The minimum atomic E-state index is -0.432. The Morgan fingerprint density at radius 3 is 2.67 bits per heavy atom. The van der Waals surface area contributed by atoms with Crippen molar-refractivity contribution in [1.82, 2.24) is 4.90 Å². The first kappa shape index (κ1) is 19.5. The Morgan fingerprint density at radius 2 is 1.87 bits per heavy atom. The average molecular weight is 404 g/mol. The monoisotopic (exact) mass is 404 g/mol. The molecule has 2 aromatic carbocycles. The fourth-order valence-corrected chi connectivity index (χ4v) is 3.43. The molecule has 1 fully saturated rings. The molecule has 2 aliphatic rings. The minimum absolute atomic E-state index is 0.0456. The number of carbonyl (C=O) groups is 2. The lowest BCUT2D eigenvalue weighted by Crippen LogP contribution is -2.32. The smallest absolute Gasteiger partial charge is 0.260 e. The number of carbonyl (C=O) groups excluding carboxylic acids is 2. The first-order valence-corrected chi connectivity index (χ1v) is 9.71. The fourth-order valence-electron chi connectivity index (χ4n) is 3.43. The molecule has 0 aliphatic carbocycles. The highest BCUT2D eigenvalue weighted by atomic mass is 16.7. The number of benzene rings is 2. The van der Waals surface area contributed by atoms with E-state index in [0.717, 1.165) is 25.9 Å². The number of hydrogen-bond donors (Lipinski definition) is 0. The van der Waals surface area contributed by atoms with Crippen LogP contribution in [0.5, 0.6) is 17.2 Å². The van der Waals surface area contributed by atoms with E-state index in [0.29, 0.717) is 28.4 Å². The Bertz CT molecular complexity index is 1050. The molecular weight excluding hydrogens is 384 g/mol. The molecule has 0 bridgehead atoms. The lowest BCUT2D eigenvalue weighted by atomic mass is 10.0. The summed E-state index contributed by atoms with van der Waals surface area (Å²) < 4.78 is 16.3. The van der Waals surface area contributed by atoms with Crippen molar-refractivity contribution in [3.8, 4) is 23.3 Å². The van der Waals surface area contributed by atoms with Gasteiger partial charge in [-0.15, -0.1) is 0 Å². The number of para-hydroxylation sites is 1. The molecule has 2 heterocycles. The van der Waals surface area contributed by atoms with Crippen molar-refractivity contribution < 1.29 is 23.8 Å². The number of ketones is 1. The molecule has 30 heavy (non-hydrogen) atoms. The number of fused-ring (bicyclic) bond motifs is 1. The van der Waals surface area contributed by atoms with Crippen LogP contribution in [0.4, 0.5) is 0 Å². The molecule has 0 unspecified atom stereocenters. The molecule has 4 rings (SSSR count). The third-order valence-corrected chi connectivity index (χ3v) is 5.03. The summed E-state index contributed by atoms with van der Waals surface area (Å²) in [6.07, 6.45) is 3.50. The van der Waals surface area contributed by atoms with Crippen LogP contribution < -0.4 is 14.2 Å². The van der Waals surface area contributed by atoms with Crippen molar-refractivity contribution in [2.45, 2.75) is 12.8 Å². The number of likely N-dealkylation sites (tertiary alicyclic amines) is 1. The van der Waals surface area contributed by atoms with E-state index >= 15 is 0 Å². The molecule has 7 nitrogen and oxygen atoms in total. The molecule has 0 aromatic heterocycles. The topological polar surface area (TPSA) is 88.9 Å². The Labute approximate surface area is 174 Å². The molecule has 1 saturated heterocycles. The number of Topliss-reactive ketones (excluding diaryl/α,β-unsaturated/α-hetero) is 1. The third-order valence-electron chi connectivity index (χ3n) is 5.03. The second kappa shape index (κ2) is 8.70. The highest BCUT2D eigenvalue weighted by Crippen LogP contribution is 2.33. The molecule has 152 valence electrons. The maximum atomic E-state index is 12.8. The standard InChI is InChI=1S/C23H20N2O5/c24-13-18(23(27)17-7-8-20-21(12-17)30-15-29-20)11-16-5-1-2-6-19(16)28-14-22(26)25-9-3-4-10-25/h1-2,5-8,11-12H,3-4,9-10,14-15H2. The van der Waals surface area contributed by atoms with Crippen LogP contribution in [-0.4, -0.2) is 43.1 Å². The molecule has 7 heteroatoms. The van der Waals surface area contributed by atoms with Crippen LogP contribution in [0.3, 0.4) is 0 Å². The van der Waals surface area contributed by atoms with Crippen LogP contribution in [0.2, 0.25) is 0 Å². The predicted molar refractivity (Wildman–Crippen MR) is 108 cm³/mol. The Kier molecular flexibility index (Phi) is 5.66. The van der Waals surface area contributed by atoms with Gasteiger partial charge < -0.3 is 19.1 Å². The van der Waals surface area contributed by atoms with Gasteiger partial charge in [-0.05, 0) is 43.2 Å². The van der Waals surface area contributed by atoms with Crippen LogP contribution in [0.15, 0.2) is 48.0 Å². The second-order valence-corrected chi connectivity index (χ2v) is 6.98.